The van der Waals surface area contributed by atoms with Crippen LogP contribution in [-0.2, 0) is 6.54 Å². The number of aromatic amines is 1. The summed E-state index contributed by atoms with van der Waals surface area (Å²) in [6, 6.07) is 8.88. The van der Waals surface area contributed by atoms with Crippen molar-refractivity contribution < 1.29 is 4.39 Å². The number of nitrogens with one attached hydrogen (secondary N) is 1. The molecule has 1 aromatic carbocycles. The van der Waals surface area contributed by atoms with Gasteiger partial charge in [-0.2, -0.15) is 0 Å². The molecule has 1 N–H and O–H groups in total. The van der Waals surface area contributed by atoms with Gasteiger partial charge in [-0.1, -0.05) is 18.6 Å². The zero-order valence-corrected chi connectivity index (χ0v) is 15.1. The van der Waals surface area contributed by atoms with Crippen LogP contribution in [0.3, 0.4) is 0 Å². The summed E-state index contributed by atoms with van der Waals surface area (Å²) in [6.07, 6.45) is 3.33. The molecule has 0 amide bonds. The Kier molecular flexibility index (Phi) is 4.36. The van der Waals surface area contributed by atoms with Gasteiger partial charge in [0.15, 0.2) is 5.65 Å². The molecular formula is C20H23FN4O. The van der Waals surface area contributed by atoms with Crippen molar-refractivity contribution in [3.8, 4) is 0 Å². The molecule has 4 rings (SSSR count). The van der Waals surface area contributed by atoms with Crippen LogP contribution in [-0.4, -0.2) is 26.0 Å². The molecule has 1 fully saturated rings. The Hall–Kier alpha value is -2.47. The van der Waals surface area contributed by atoms with Crippen molar-refractivity contribution >= 4 is 5.65 Å². The summed E-state index contributed by atoms with van der Waals surface area (Å²) in [7, 11) is 0. The van der Waals surface area contributed by atoms with Crippen LogP contribution < -0.4 is 5.56 Å². The first kappa shape index (κ1) is 17.0. The fourth-order valence-electron chi connectivity index (χ4n) is 3.76. The monoisotopic (exact) mass is 354 g/mol. The normalized spacial score (nSPS) is 18.5. The number of aromatic nitrogens is 3. The highest BCUT2D eigenvalue weighted by Crippen LogP contribution is 2.31. The van der Waals surface area contributed by atoms with Gasteiger partial charge >= 0.3 is 0 Å². The van der Waals surface area contributed by atoms with Gasteiger partial charge in [-0.25, -0.2) is 13.9 Å². The standard InChI is InChI=1S/C20H23FN4O/c1-13-14(2)22-19-11-17(23-25(19)20(13)26)18-5-3-4-10-24(18)12-15-6-8-16(21)9-7-15/h6-9,11,18,23H,3-5,10,12H2,1-2H3. The summed E-state index contributed by atoms with van der Waals surface area (Å²) in [6.45, 7) is 5.42. The number of piperidine rings is 1. The number of rotatable bonds is 3. The van der Waals surface area contributed by atoms with E-state index in [-0.39, 0.29) is 17.4 Å². The third-order valence-corrected chi connectivity index (χ3v) is 5.38. The largest absolute Gasteiger partial charge is 0.292 e. The number of nitrogens with zero attached hydrogens (tertiary/aromatic N) is 3. The molecule has 2 aromatic heterocycles. The highest BCUT2D eigenvalue weighted by molar-refractivity contribution is 5.42. The van der Waals surface area contributed by atoms with Gasteiger partial charge in [0.1, 0.15) is 5.82 Å². The lowest BCUT2D eigenvalue weighted by Gasteiger charge is -2.35. The molecule has 1 unspecified atom stereocenters. The summed E-state index contributed by atoms with van der Waals surface area (Å²) in [5, 5.41) is 3.27. The van der Waals surface area contributed by atoms with Crippen molar-refractivity contribution in [3.05, 3.63) is 69.0 Å². The zero-order valence-electron chi connectivity index (χ0n) is 15.1. The molecule has 0 aliphatic carbocycles. The molecule has 6 heteroatoms. The fourth-order valence-corrected chi connectivity index (χ4v) is 3.76. The van der Waals surface area contributed by atoms with E-state index >= 15 is 0 Å². The highest BCUT2D eigenvalue weighted by atomic mass is 19.1. The molecule has 26 heavy (non-hydrogen) atoms. The van der Waals surface area contributed by atoms with Crippen molar-refractivity contribution in [1.82, 2.24) is 19.5 Å². The average Bonchev–Trinajstić information content (AvgIpc) is 3.06. The molecule has 1 aliphatic rings. The van der Waals surface area contributed by atoms with E-state index in [4.69, 9.17) is 0 Å². The smallest absolute Gasteiger partial charge is 0.275 e. The van der Waals surface area contributed by atoms with Crippen LogP contribution >= 0.6 is 0 Å². The second-order valence-electron chi connectivity index (χ2n) is 7.14. The first-order chi connectivity index (χ1) is 12.5. The van der Waals surface area contributed by atoms with E-state index in [0.29, 0.717) is 11.2 Å². The number of hydrogen-bond donors (Lipinski definition) is 1. The van der Waals surface area contributed by atoms with Crippen molar-refractivity contribution in [2.24, 2.45) is 0 Å². The van der Waals surface area contributed by atoms with Crippen molar-refractivity contribution in [3.63, 3.8) is 0 Å². The Morgan fingerprint density at radius 3 is 2.77 bits per heavy atom. The number of fused-ring (bicyclic) bond motifs is 1. The molecule has 136 valence electrons. The minimum Gasteiger partial charge on any atom is -0.292 e. The van der Waals surface area contributed by atoms with Crippen molar-refractivity contribution in [1.29, 1.82) is 0 Å². The van der Waals surface area contributed by atoms with Crippen molar-refractivity contribution in [2.75, 3.05) is 6.54 Å². The van der Waals surface area contributed by atoms with Crippen LogP contribution in [0.4, 0.5) is 4.39 Å². The number of halogens is 1. The lowest BCUT2D eigenvalue weighted by molar-refractivity contribution is 0.137. The van der Waals surface area contributed by atoms with Gasteiger partial charge in [0.25, 0.3) is 5.56 Å². The van der Waals surface area contributed by atoms with Gasteiger partial charge in [0.05, 0.1) is 11.7 Å². The number of hydrogen-bond acceptors (Lipinski definition) is 3. The average molecular weight is 354 g/mol. The van der Waals surface area contributed by atoms with Crippen LogP contribution in [0.25, 0.3) is 5.65 Å². The van der Waals surface area contributed by atoms with Crippen molar-refractivity contribution in [2.45, 2.75) is 45.7 Å². The van der Waals surface area contributed by atoms with Gasteiger partial charge in [-0.05, 0) is 50.9 Å². The lowest BCUT2D eigenvalue weighted by atomic mass is 9.98. The number of benzene rings is 1. The molecule has 1 saturated heterocycles. The molecule has 3 heterocycles. The molecular weight excluding hydrogens is 331 g/mol. The summed E-state index contributed by atoms with van der Waals surface area (Å²) < 4.78 is 14.7. The Morgan fingerprint density at radius 1 is 1.23 bits per heavy atom. The molecule has 5 nitrogen and oxygen atoms in total. The predicted octanol–water partition coefficient (Wildman–Crippen LogP) is 3.51. The molecule has 0 spiro atoms. The van der Waals surface area contributed by atoms with E-state index in [1.54, 1.807) is 11.4 Å². The minimum absolute atomic E-state index is 0.0420. The summed E-state index contributed by atoms with van der Waals surface area (Å²) in [4.78, 5) is 19.4. The zero-order chi connectivity index (χ0) is 18.3. The predicted molar refractivity (Wildman–Crippen MR) is 98.7 cm³/mol. The fraction of sp³-hybridized carbons (Fsp3) is 0.400. The number of H-pyrrole nitrogens is 1. The van der Waals surface area contributed by atoms with Gasteiger partial charge in [-0.3, -0.25) is 14.8 Å². The van der Waals surface area contributed by atoms with Crippen LogP contribution in [0.15, 0.2) is 35.1 Å². The maximum Gasteiger partial charge on any atom is 0.275 e. The van der Waals surface area contributed by atoms with Crippen LogP contribution in [0.5, 0.6) is 0 Å². The van der Waals surface area contributed by atoms with Gasteiger partial charge in [0, 0.05) is 23.9 Å². The molecule has 0 bridgehead atoms. The maximum absolute atomic E-state index is 13.2. The molecule has 1 aliphatic heterocycles. The van der Waals surface area contributed by atoms with Crippen LogP contribution in [0, 0.1) is 19.7 Å². The second kappa shape index (κ2) is 6.68. The van der Waals surface area contributed by atoms with E-state index in [1.165, 1.54) is 12.1 Å². The Balaban J connectivity index is 1.67. The Morgan fingerprint density at radius 2 is 2.00 bits per heavy atom. The molecule has 3 aromatic rings. The minimum atomic E-state index is -0.212. The summed E-state index contributed by atoms with van der Waals surface area (Å²) in [5.41, 5.74) is 4.17. The first-order valence-corrected chi connectivity index (χ1v) is 9.10. The lowest BCUT2D eigenvalue weighted by Crippen LogP contribution is -2.33. The quantitative estimate of drug-likeness (QED) is 0.783. The SMILES string of the molecule is Cc1nc2cc(C3CCCCN3Cc3ccc(F)cc3)[nH]n2c(=O)c1C. The third-order valence-electron chi connectivity index (χ3n) is 5.38. The van der Waals surface area contributed by atoms with Crippen LogP contribution in [0.1, 0.15) is 47.8 Å². The third kappa shape index (κ3) is 3.05. The summed E-state index contributed by atoms with van der Waals surface area (Å²) in [5.74, 6) is -0.212. The van der Waals surface area contributed by atoms with Crippen LogP contribution in [0.2, 0.25) is 0 Å². The highest BCUT2D eigenvalue weighted by Gasteiger charge is 2.26. The van der Waals surface area contributed by atoms with E-state index in [0.717, 1.165) is 49.3 Å². The van der Waals surface area contributed by atoms with Gasteiger partial charge in [0.2, 0.25) is 0 Å². The number of aryl methyl sites for hydroxylation is 1. The topological polar surface area (TPSA) is 53.4 Å². The van der Waals surface area contributed by atoms with E-state index in [1.807, 2.05) is 25.1 Å². The Labute approximate surface area is 151 Å². The molecule has 1 atom stereocenters. The molecule has 0 radical (unpaired) electrons. The first-order valence-electron chi connectivity index (χ1n) is 9.10. The Bertz CT molecular complexity index is 989. The number of likely N-dealkylation sites (tertiary alicyclic amines) is 1. The van der Waals surface area contributed by atoms with Gasteiger partial charge in [-0.15, -0.1) is 0 Å². The van der Waals surface area contributed by atoms with E-state index < -0.39 is 0 Å². The van der Waals surface area contributed by atoms with Gasteiger partial charge < -0.3 is 0 Å². The maximum atomic E-state index is 13.2. The van der Waals surface area contributed by atoms with E-state index in [9.17, 15) is 9.18 Å². The molecule has 0 saturated carbocycles. The summed E-state index contributed by atoms with van der Waals surface area (Å²) >= 11 is 0. The van der Waals surface area contributed by atoms with E-state index in [2.05, 4.69) is 15.0 Å². The second-order valence-corrected chi connectivity index (χ2v) is 7.14.